The van der Waals surface area contributed by atoms with Crippen LogP contribution in [0.3, 0.4) is 0 Å². The predicted molar refractivity (Wildman–Crippen MR) is 182 cm³/mol. The maximum absolute atomic E-state index is 13.2. The lowest BCUT2D eigenvalue weighted by Gasteiger charge is -2.10. The van der Waals surface area contributed by atoms with Gasteiger partial charge in [-0.25, -0.2) is 0 Å². The molecular weight excluding hydrogens is 612 g/mol. The van der Waals surface area contributed by atoms with E-state index in [9.17, 15) is 4.79 Å². The number of carbonyl (C=O) groups is 1. The second-order valence-electron chi connectivity index (χ2n) is 11.1. The first-order valence-corrected chi connectivity index (χ1v) is 16.3. The van der Waals surface area contributed by atoms with Gasteiger partial charge in [0.05, 0.1) is 52.9 Å². The number of ether oxygens (including phenoxy) is 8. The average molecular weight is 653 g/mol. The Morgan fingerprint density at radius 2 is 0.646 bits per heavy atom. The van der Waals surface area contributed by atoms with Crippen LogP contribution in [0.4, 0.5) is 0 Å². The van der Waals surface area contributed by atoms with Crippen molar-refractivity contribution in [2.75, 3.05) is 79.3 Å². The fraction of sp³-hybridized carbons (Fsp3) is 0.308. The summed E-state index contributed by atoms with van der Waals surface area (Å²) in [4.78, 5) is 13.2. The first kappa shape index (κ1) is 33.2. The highest BCUT2D eigenvalue weighted by atomic mass is 16.6. The Morgan fingerprint density at radius 3 is 1.02 bits per heavy atom. The topological polar surface area (TPSA) is 90.9 Å². The Hall–Kier alpha value is -4.67. The quantitative estimate of drug-likeness (QED) is 0.190. The molecule has 8 bridgehead atoms. The van der Waals surface area contributed by atoms with Crippen molar-refractivity contribution in [2.45, 2.75) is 0 Å². The standard InChI is InChI=1S/C39H40O9/c40-39-37-27-33-11-13-35(37)36-14-12-34(28-38(36)39)48-26-22-44-18-16-42-20-24-46-32-9-5-30(6-10-32)2-1-29-3-7-31(8-4-29)45-23-19-41-15-17-43-21-25-47-33/h1-14,27-28H,15-26H2. The summed E-state index contributed by atoms with van der Waals surface area (Å²) in [6, 6.07) is 27.0. The van der Waals surface area contributed by atoms with Gasteiger partial charge < -0.3 is 37.9 Å². The van der Waals surface area contributed by atoms with Gasteiger partial charge in [-0.05, 0) is 82.9 Å². The lowest BCUT2D eigenvalue weighted by atomic mass is 10.1. The van der Waals surface area contributed by atoms with E-state index in [-0.39, 0.29) is 5.78 Å². The van der Waals surface area contributed by atoms with Crippen LogP contribution in [0.15, 0.2) is 84.9 Å². The van der Waals surface area contributed by atoms with Crippen LogP contribution >= 0.6 is 0 Å². The molecular formula is C39H40O9. The Kier molecular flexibility index (Phi) is 12.1. The number of rotatable bonds is 0. The molecule has 0 amide bonds. The van der Waals surface area contributed by atoms with Crippen molar-refractivity contribution < 1.29 is 42.7 Å². The van der Waals surface area contributed by atoms with E-state index < -0.39 is 0 Å². The van der Waals surface area contributed by atoms with E-state index in [0.29, 0.717) is 102 Å². The van der Waals surface area contributed by atoms with Crippen molar-refractivity contribution in [3.8, 4) is 34.1 Å². The first-order valence-electron chi connectivity index (χ1n) is 16.3. The summed E-state index contributed by atoms with van der Waals surface area (Å²) < 4.78 is 45.8. The second kappa shape index (κ2) is 17.5. The number of hydrogen-bond acceptors (Lipinski definition) is 9. The molecule has 0 aromatic heterocycles. The monoisotopic (exact) mass is 652 g/mol. The number of carbonyl (C=O) groups excluding carboxylic acids is 1. The molecule has 3 heterocycles. The molecule has 4 aliphatic rings. The molecule has 0 saturated carbocycles. The molecule has 48 heavy (non-hydrogen) atoms. The molecule has 0 unspecified atom stereocenters. The normalized spacial score (nSPS) is 16.9. The van der Waals surface area contributed by atoms with Gasteiger partial charge in [-0.2, -0.15) is 0 Å². The van der Waals surface area contributed by atoms with Crippen LogP contribution < -0.4 is 18.9 Å². The smallest absolute Gasteiger partial charge is 0.194 e. The summed E-state index contributed by atoms with van der Waals surface area (Å²) in [5.41, 5.74) is 5.17. The van der Waals surface area contributed by atoms with E-state index in [1.54, 1.807) is 12.1 Å². The van der Waals surface area contributed by atoms with Crippen LogP contribution in [0.25, 0.3) is 23.3 Å². The van der Waals surface area contributed by atoms with Gasteiger partial charge in [-0.15, -0.1) is 0 Å². The molecule has 0 atom stereocenters. The van der Waals surface area contributed by atoms with Gasteiger partial charge in [0.1, 0.15) is 49.4 Å². The predicted octanol–water partition coefficient (Wildman–Crippen LogP) is 6.36. The zero-order valence-corrected chi connectivity index (χ0v) is 26.9. The van der Waals surface area contributed by atoms with Crippen LogP contribution in [0, 0.1) is 0 Å². The summed E-state index contributed by atoms with van der Waals surface area (Å²) in [6.45, 7) is 5.16. The molecule has 9 nitrogen and oxygen atoms in total. The minimum atomic E-state index is -0.0459. The molecule has 1 aliphatic carbocycles. The minimum Gasteiger partial charge on any atom is -0.491 e. The van der Waals surface area contributed by atoms with Crippen molar-refractivity contribution in [3.63, 3.8) is 0 Å². The van der Waals surface area contributed by atoms with Crippen LogP contribution in [-0.2, 0) is 18.9 Å². The van der Waals surface area contributed by atoms with Crippen molar-refractivity contribution in [2.24, 2.45) is 0 Å². The summed E-state index contributed by atoms with van der Waals surface area (Å²) in [7, 11) is 0. The highest BCUT2D eigenvalue weighted by Gasteiger charge is 2.27. The van der Waals surface area contributed by atoms with Crippen molar-refractivity contribution in [3.05, 3.63) is 107 Å². The van der Waals surface area contributed by atoms with Gasteiger partial charge in [0.25, 0.3) is 0 Å². The first-order chi connectivity index (χ1) is 23.7. The molecule has 4 aromatic rings. The largest absolute Gasteiger partial charge is 0.491 e. The third-order valence-electron chi connectivity index (χ3n) is 7.72. The van der Waals surface area contributed by atoms with Crippen LogP contribution in [0.1, 0.15) is 27.0 Å². The Bertz CT molecular complexity index is 1530. The highest BCUT2D eigenvalue weighted by Crippen LogP contribution is 2.39. The fourth-order valence-electron chi connectivity index (χ4n) is 5.28. The Labute approximate surface area is 280 Å². The molecule has 8 rings (SSSR count). The maximum atomic E-state index is 13.2. The van der Waals surface area contributed by atoms with E-state index in [4.69, 9.17) is 37.9 Å². The lowest BCUT2D eigenvalue weighted by Crippen LogP contribution is -2.13. The van der Waals surface area contributed by atoms with Gasteiger partial charge in [0.2, 0.25) is 0 Å². The van der Waals surface area contributed by atoms with Crippen molar-refractivity contribution >= 4 is 17.9 Å². The van der Waals surface area contributed by atoms with Gasteiger partial charge in [0.15, 0.2) is 5.78 Å². The highest BCUT2D eigenvalue weighted by molar-refractivity contribution is 6.22. The second-order valence-corrected chi connectivity index (χ2v) is 11.1. The molecule has 3 aliphatic heterocycles. The zero-order valence-electron chi connectivity index (χ0n) is 26.9. The Balaban J connectivity index is 1.00. The number of ketones is 1. The number of fused-ring (bicyclic) bond motifs is 3. The minimum absolute atomic E-state index is 0.0459. The van der Waals surface area contributed by atoms with E-state index in [1.165, 1.54) is 0 Å². The van der Waals surface area contributed by atoms with E-state index in [2.05, 4.69) is 12.2 Å². The van der Waals surface area contributed by atoms with E-state index >= 15 is 0 Å². The molecule has 4 aromatic carbocycles. The molecule has 0 fully saturated rings. The van der Waals surface area contributed by atoms with Crippen molar-refractivity contribution in [1.82, 2.24) is 0 Å². The third kappa shape index (κ3) is 9.45. The maximum Gasteiger partial charge on any atom is 0.194 e. The fourth-order valence-corrected chi connectivity index (χ4v) is 5.28. The van der Waals surface area contributed by atoms with Gasteiger partial charge in [-0.3, -0.25) is 4.79 Å². The third-order valence-corrected chi connectivity index (χ3v) is 7.72. The average Bonchev–Trinajstić information content (AvgIpc) is 3.39. The lowest BCUT2D eigenvalue weighted by molar-refractivity contribution is 0.0273. The number of hydrogen-bond donors (Lipinski definition) is 0. The van der Waals surface area contributed by atoms with Crippen LogP contribution in [0.2, 0.25) is 0 Å². The molecule has 250 valence electrons. The molecule has 0 saturated heterocycles. The van der Waals surface area contributed by atoms with Gasteiger partial charge in [-0.1, -0.05) is 36.4 Å². The zero-order chi connectivity index (χ0) is 32.8. The van der Waals surface area contributed by atoms with Crippen LogP contribution in [0.5, 0.6) is 23.0 Å². The van der Waals surface area contributed by atoms with E-state index in [1.807, 2.05) is 72.8 Å². The molecule has 0 N–H and O–H groups in total. The van der Waals surface area contributed by atoms with Crippen molar-refractivity contribution in [1.29, 1.82) is 0 Å². The van der Waals surface area contributed by atoms with E-state index in [0.717, 1.165) is 33.8 Å². The molecule has 9 heteroatoms. The number of benzene rings is 4. The molecule has 0 radical (unpaired) electrons. The van der Waals surface area contributed by atoms with Gasteiger partial charge >= 0.3 is 0 Å². The molecule has 0 spiro atoms. The van der Waals surface area contributed by atoms with Gasteiger partial charge in [0, 0.05) is 11.1 Å². The summed E-state index contributed by atoms with van der Waals surface area (Å²) in [5.74, 6) is 2.78. The summed E-state index contributed by atoms with van der Waals surface area (Å²) in [6.07, 6.45) is 4.12. The Morgan fingerprint density at radius 1 is 0.333 bits per heavy atom. The SMILES string of the molecule is O=C1c2cc3ccc2-c2ccc(cc21)OCCOCCOCCOc1ccc(cc1)C=Cc1ccc(cc1)OCCOCCOCCO3. The summed E-state index contributed by atoms with van der Waals surface area (Å²) >= 11 is 0. The summed E-state index contributed by atoms with van der Waals surface area (Å²) in [5, 5.41) is 0. The van der Waals surface area contributed by atoms with Crippen LogP contribution in [-0.4, -0.2) is 85.1 Å².